The van der Waals surface area contributed by atoms with Gasteiger partial charge in [-0.15, -0.1) is 0 Å². The highest BCUT2D eigenvalue weighted by atomic mass is 19.1. The summed E-state index contributed by atoms with van der Waals surface area (Å²) >= 11 is 0. The van der Waals surface area contributed by atoms with Crippen LogP contribution in [0.2, 0.25) is 0 Å². The lowest BCUT2D eigenvalue weighted by Crippen LogP contribution is -2.42. The van der Waals surface area contributed by atoms with Crippen LogP contribution in [0.1, 0.15) is 54.6 Å². The number of benzene rings is 1. The molecule has 1 aromatic carbocycles. The summed E-state index contributed by atoms with van der Waals surface area (Å²) in [4.78, 5) is 20.0. The van der Waals surface area contributed by atoms with Crippen molar-refractivity contribution < 1.29 is 9.18 Å². The molecule has 0 bridgehead atoms. The van der Waals surface area contributed by atoms with E-state index in [1.165, 1.54) is 12.1 Å². The predicted molar refractivity (Wildman–Crippen MR) is 96.3 cm³/mol. The molecule has 1 aromatic heterocycles. The lowest BCUT2D eigenvalue weighted by Gasteiger charge is -2.29. The second-order valence-corrected chi connectivity index (χ2v) is 7.18. The fourth-order valence-corrected chi connectivity index (χ4v) is 3.73. The van der Waals surface area contributed by atoms with E-state index in [2.05, 4.69) is 17.2 Å². The van der Waals surface area contributed by atoms with E-state index in [0.717, 1.165) is 56.5 Å². The zero-order chi connectivity index (χ0) is 17.4. The summed E-state index contributed by atoms with van der Waals surface area (Å²) in [5, 5.41) is 3.96. The molecule has 0 radical (unpaired) electrons. The summed E-state index contributed by atoms with van der Waals surface area (Å²) < 4.78 is 13.8. The topological polar surface area (TPSA) is 45.2 Å². The summed E-state index contributed by atoms with van der Waals surface area (Å²) in [7, 11) is 0. The van der Waals surface area contributed by atoms with Gasteiger partial charge in [0.2, 0.25) is 0 Å². The first kappa shape index (κ1) is 16.5. The molecule has 1 unspecified atom stereocenters. The van der Waals surface area contributed by atoms with E-state index in [9.17, 15) is 9.18 Å². The molecule has 0 spiro atoms. The molecule has 1 amide bonds. The quantitative estimate of drug-likeness (QED) is 0.906. The van der Waals surface area contributed by atoms with Crippen LogP contribution in [0.15, 0.2) is 24.3 Å². The Balaban J connectivity index is 1.79. The maximum atomic E-state index is 13.8. The average Bonchev–Trinajstić information content (AvgIpc) is 3.33. The minimum absolute atomic E-state index is 0.00968. The van der Waals surface area contributed by atoms with Crippen molar-refractivity contribution in [2.24, 2.45) is 0 Å². The van der Waals surface area contributed by atoms with Gasteiger partial charge in [0.15, 0.2) is 0 Å². The largest absolute Gasteiger partial charge is 0.334 e. The highest BCUT2D eigenvalue weighted by Gasteiger charge is 2.31. The smallest absolute Gasteiger partial charge is 0.254 e. The SMILES string of the molecule is CCCN(C(=O)c1cc(C2CC2)nc2ccc(F)cc12)C1CCNC1. The lowest BCUT2D eigenvalue weighted by molar-refractivity contribution is 0.0694. The Hall–Kier alpha value is -2.01. The Labute approximate surface area is 147 Å². The van der Waals surface area contributed by atoms with E-state index < -0.39 is 0 Å². The monoisotopic (exact) mass is 341 g/mol. The second kappa shape index (κ2) is 6.71. The van der Waals surface area contributed by atoms with Crippen molar-refractivity contribution in [3.8, 4) is 0 Å². The zero-order valence-electron chi connectivity index (χ0n) is 14.6. The molecule has 1 saturated heterocycles. The standard InChI is InChI=1S/C20H24FN3O/c1-2-9-24(15-7-8-22-12-15)20(25)17-11-19(13-3-4-13)23-18-6-5-14(21)10-16(17)18/h5-6,10-11,13,15,22H,2-4,7-9,12H2,1H3. The van der Waals surface area contributed by atoms with Gasteiger partial charge in [-0.2, -0.15) is 0 Å². The van der Waals surface area contributed by atoms with Gasteiger partial charge in [-0.25, -0.2) is 4.39 Å². The summed E-state index contributed by atoms with van der Waals surface area (Å²) in [6, 6.07) is 6.68. The zero-order valence-corrected chi connectivity index (χ0v) is 14.6. The molecule has 1 aliphatic carbocycles. The van der Waals surface area contributed by atoms with Crippen molar-refractivity contribution in [1.29, 1.82) is 0 Å². The number of fused-ring (bicyclic) bond motifs is 1. The van der Waals surface area contributed by atoms with Crippen molar-refractivity contribution in [1.82, 2.24) is 15.2 Å². The maximum Gasteiger partial charge on any atom is 0.254 e. The van der Waals surface area contributed by atoms with Crippen LogP contribution >= 0.6 is 0 Å². The Kier molecular flexibility index (Phi) is 4.42. The summed E-state index contributed by atoms with van der Waals surface area (Å²) in [6.45, 7) is 4.58. The van der Waals surface area contributed by atoms with Gasteiger partial charge in [-0.3, -0.25) is 9.78 Å². The third-order valence-electron chi connectivity index (χ3n) is 5.22. The van der Waals surface area contributed by atoms with Crippen LogP contribution in [0.5, 0.6) is 0 Å². The minimum atomic E-state index is -0.327. The number of pyridine rings is 1. The van der Waals surface area contributed by atoms with Gasteiger partial charge in [-0.1, -0.05) is 6.92 Å². The number of aromatic nitrogens is 1. The normalized spacial score (nSPS) is 20.2. The molecule has 4 nitrogen and oxygen atoms in total. The molecule has 4 rings (SSSR count). The molecule has 2 aromatic rings. The van der Waals surface area contributed by atoms with Crippen LogP contribution in [0.3, 0.4) is 0 Å². The van der Waals surface area contributed by atoms with Crippen molar-refractivity contribution in [3.05, 3.63) is 41.3 Å². The molecule has 2 fully saturated rings. The first-order valence-corrected chi connectivity index (χ1v) is 9.29. The molecule has 1 aliphatic heterocycles. The minimum Gasteiger partial charge on any atom is -0.334 e. The van der Waals surface area contributed by atoms with Crippen molar-refractivity contribution >= 4 is 16.8 Å². The van der Waals surface area contributed by atoms with Crippen LogP contribution in [0.4, 0.5) is 4.39 Å². The Morgan fingerprint density at radius 1 is 1.32 bits per heavy atom. The van der Waals surface area contributed by atoms with Crippen molar-refractivity contribution in [2.75, 3.05) is 19.6 Å². The Bertz CT molecular complexity index is 797. The molecule has 132 valence electrons. The second-order valence-electron chi connectivity index (χ2n) is 7.18. The van der Waals surface area contributed by atoms with E-state index in [1.54, 1.807) is 6.07 Å². The third kappa shape index (κ3) is 3.25. The molecular formula is C20H24FN3O. The van der Waals surface area contributed by atoms with E-state index in [0.29, 0.717) is 16.9 Å². The summed E-state index contributed by atoms with van der Waals surface area (Å²) in [5.74, 6) is 0.135. The van der Waals surface area contributed by atoms with Gasteiger partial charge < -0.3 is 10.2 Å². The number of halogens is 1. The van der Waals surface area contributed by atoms with Crippen LogP contribution in [-0.4, -0.2) is 41.5 Å². The van der Waals surface area contributed by atoms with E-state index in [-0.39, 0.29) is 17.8 Å². The molecule has 1 N–H and O–H groups in total. The van der Waals surface area contributed by atoms with Crippen LogP contribution in [0.25, 0.3) is 10.9 Å². The van der Waals surface area contributed by atoms with Crippen LogP contribution < -0.4 is 5.32 Å². The van der Waals surface area contributed by atoms with Gasteiger partial charge in [0.25, 0.3) is 5.91 Å². The number of rotatable bonds is 5. The van der Waals surface area contributed by atoms with Crippen LogP contribution in [0, 0.1) is 5.82 Å². The fourth-order valence-electron chi connectivity index (χ4n) is 3.73. The maximum absolute atomic E-state index is 13.8. The number of nitrogens with one attached hydrogen (secondary N) is 1. The van der Waals surface area contributed by atoms with E-state index in [4.69, 9.17) is 0 Å². The van der Waals surface area contributed by atoms with Gasteiger partial charge in [-0.05, 0) is 56.5 Å². The van der Waals surface area contributed by atoms with Crippen LogP contribution in [-0.2, 0) is 0 Å². The number of hydrogen-bond donors (Lipinski definition) is 1. The van der Waals surface area contributed by atoms with Crippen molar-refractivity contribution in [3.63, 3.8) is 0 Å². The van der Waals surface area contributed by atoms with Gasteiger partial charge in [0, 0.05) is 36.1 Å². The highest BCUT2D eigenvalue weighted by molar-refractivity contribution is 6.06. The van der Waals surface area contributed by atoms with Crippen molar-refractivity contribution in [2.45, 2.75) is 44.6 Å². The number of carbonyl (C=O) groups is 1. The third-order valence-corrected chi connectivity index (χ3v) is 5.22. The average molecular weight is 341 g/mol. The predicted octanol–water partition coefficient (Wildman–Crippen LogP) is 3.47. The molecule has 2 aliphatic rings. The number of hydrogen-bond acceptors (Lipinski definition) is 3. The summed E-state index contributed by atoms with van der Waals surface area (Å²) in [5.41, 5.74) is 2.30. The number of nitrogens with zero attached hydrogens (tertiary/aromatic N) is 2. The number of carbonyl (C=O) groups excluding carboxylic acids is 1. The molecule has 1 atom stereocenters. The van der Waals surface area contributed by atoms with E-state index >= 15 is 0 Å². The first-order valence-electron chi connectivity index (χ1n) is 9.29. The fraction of sp³-hybridized carbons (Fsp3) is 0.500. The lowest BCUT2D eigenvalue weighted by atomic mass is 10.0. The Morgan fingerprint density at radius 3 is 2.84 bits per heavy atom. The molecule has 2 heterocycles. The molecule has 1 saturated carbocycles. The van der Waals surface area contributed by atoms with Gasteiger partial charge in [0.1, 0.15) is 5.82 Å². The highest BCUT2D eigenvalue weighted by Crippen LogP contribution is 2.40. The molecular weight excluding hydrogens is 317 g/mol. The molecule has 5 heteroatoms. The Morgan fingerprint density at radius 2 is 2.16 bits per heavy atom. The van der Waals surface area contributed by atoms with Gasteiger partial charge >= 0.3 is 0 Å². The summed E-state index contributed by atoms with van der Waals surface area (Å²) in [6.07, 6.45) is 4.13. The van der Waals surface area contributed by atoms with E-state index in [1.807, 2.05) is 11.0 Å². The van der Waals surface area contributed by atoms with Gasteiger partial charge in [0.05, 0.1) is 11.1 Å². The number of amides is 1. The molecule has 25 heavy (non-hydrogen) atoms. The first-order chi connectivity index (χ1) is 12.2.